The summed E-state index contributed by atoms with van der Waals surface area (Å²) in [5.41, 5.74) is 8.59. The minimum atomic E-state index is -0.826. The maximum atomic E-state index is 12.9. The van der Waals surface area contributed by atoms with Crippen molar-refractivity contribution in [3.8, 4) is 11.4 Å². The Bertz CT molecular complexity index is 1010. The fourth-order valence-electron chi connectivity index (χ4n) is 2.93. The van der Waals surface area contributed by atoms with Gasteiger partial charge in [-0.2, -0.15) is 4.68 Å². The SMILES string of the molecule is Cc1nn(-c2ccc(CN)cc2)c(=O)n1-c1ccc(CC(C)C(=O)O)cc1.Cl. The molecule has 148 valence electrons. The molecule has 0 saturated heterocycles. The number of halogens is 1. The molecule has 28 heavy (non-hydrogen) atoms. The first-order valence-corrected chi connectivity index (χ1v) is 8.71. The summed E-state index contributed by atoms with van der Waals surface area (Å²) >= 11 is 0. The second kappa shape index (κ2) is 8.86. The summed E-state index contributed by atoms with van der Waals surface area (Å²) in [4.78, 5) is 23.9. The molecule has 0 bridgehead atoms. The molecule has 0 aliphatic carbocycles. The number of aliphatic carboxylic acids is 1. The molecule has 7 nitrogen and oxygen atoms in total. The van der Waals surface area contributed by atoms with Crippen LogP contribution in [0.1, 0.15) is 23.9 Å². The molecule has 3 rings (SSSR count). The highest BCUT2D eigenvalue weighted by Gasteiger charge is 2.15. The van der Waals surface area contributed by atoms with E-state index in [1.165, 1.54) is 9.25 Å². The van der Waals surface area contributed by atoms with Gasteiger partial charge in [0.2, 0.25) is 0 Å². The van der Waals surface area contributed by atoms with E-state index in [0.717, 1.165) is 11.1 Å². The van der Waals surface area contributed by atoms with Crippen molar-refractivity contribution in [2.45, 2.75) is 26.8 Å². The molecule has 0 fully saturated rings. The number of aryl methyl sites for hydroxylation is 1. The molecule has 0 spiro atoms. The van der Waals surface area contributed by atoms with E-state index in [-0.39, 0.29) is 18.1 Å². The number of nitrogens with two attached hydrogens (primary N) is 1. The third-order valence-corrected chi connectivity index (χ3v) is 4.52. The second-order valence-corrected chi connectivity index (χ2v) is 6.56. The van der Waals surface area contributed by atoms with Gasteiger partial charge in [-0.15, -0.1) is 17.5 Å². The smallest absolute Gasteiger partial charge is 0.355 e. The van der Waals surface area contributed by atoms with Crippen LogP contribution in [0.15, 0.2) is 53.3 Å². The third kappa shape index (κ3) is 4.32. The van der Waals surface area contributed by atoms with Crippen LogP contribution in [0, 0.1) is 12.8 Å². The fraction of sp³-hybridized carbons (Fsp3) is 0.250. The van der Waals surface area contributed by atoms with E-state index in [0.29, 0.717) is 30.2 Å². The largest absolute Gasteiger partial charge is 0.481 e. The predicted molar refractivity (Wildman–Crippen MR) is 110 cm³/mol. The van der Waals surface area contributed by atoms with Gasteiger partial charge in [0.25, 0.3) is 0 Å². The van der Waals surface area contributed by atoms with Gasteiger partial charge >= 0.3 is 11.7 Å². The summed E-state index contributed by atoms with van der Waals surface area (Å²) in [5, 5.41) is 13.4. The lowest BCUT2D eigenvalue weighted by atomic mass is 10.0. The van der Waals surface area contributed by atoms with Crippen molar-refractivity contribution in [1.29, 1.82) is 0 Å². The van der Waals surface area contributed by atoms with Gasteiger partial charge in [0.1, 0.15) is 5.82 Å². The summed E-state index contributed by atoms with van der Waals surface area (Å²) < 4.78 is 2.89. The normalized spacial score (nSPS) is 11.7. The molecular formula is C20H23ClN4O3. The molecule has 0 amide bonds. The number of carboxylic acid groups (broad SMARTS) is 1. The zero-order valence-corrected chi connectivity index (χ0v) is 16.5. The molecular weight excluding hydrogens is 380 g/mol. The Morgan fingerprint density at radius 1 is 1.07 bits per heavy atom. The van der Waals surface area contributed by atoms with E-state index < -0.39 is 11.9 Å². The third-order valence-electron chi connectivity index (χ3n) is 4.52. The van der Waals surface area contributed by atoms with Crippen LogP contribution in [0.3, 0.4) is 0 Å². The van der Waals surface area contributed by atoms with Crippen molar-refractivity contribution in [1.82, 2.24) is 14.3 Å². The monoisotopic (exact) mass is 402 g/mol. The van der Waals surface area contributed by atoms with Gasteiger partial charge in [0.15, 0.2) is 0 Å². The van der Waals surface area contributed by atoms with Crippen LogP contribution < -0.4 is 11.4 Å². The van der Waals surface area contributed by atoms with Gasteiger partial charge in [-0.05, 0) is 48.7 Å². The van der Waals surface area contributed by atoms with E-state index in [1.807, 2.05) is 48.5 Å². The summed E-state index contributed by atoms with van der Waals surface area (Å²) in [7, 11) is 0. The van der Waals surface area contributed by atoms with Crippen LogP contribution >= 0.6 is 12.4 Å². The Morgan fingerprint density at radius 3 is 2.14 bits per heavy atom. The van der Waals surface area contributed by atoms with E-state index >= 15 is 0 Å². The topological polar surface area (TPSA) is 103 Å². The first-order chi connectivity index (χ1) is 12.9. The van der Waals surface area contributed by atoms with Gasteiger partial charge < -0.3 is 10.8 Å². The molecule has 3 aromatic rings. The van der Waals surface area contributed by atoms with Crippen molar-refractivity contribution < 1.29 is 9.90 Å². The van der Waals surface area contributed by atoms with Crippen LogP contribution in [-0.4, -0.2) is 25.4 Å². The Morgan fingerprint density at radius 2 is 1.61 bits per heavy atom. The van der Waals surface area contributed by atoms with Crippen molar-refractivity contribution in [2.75, 3.05) is 0 Å². The van der Waals surface area contributed by atoms with Gasteiger partial charge in [-0.3, -0.25) is 4.79 Å². The molecule has 1 aromatic heterocycles. The number of benzene rings is 2. The van der Waals surface area contributed by atoms with E-state index in [4.69, 9.17) is 10.8 Å². The molecule has 0 radical (unpaired) electrons. The van der Waals surface area contributed by atoms with Crippen LogP contribution in [0.4, 0.5) is 0 Å². The maximum Gasteiger partial charge on any atom is 0.355 e. The molecule has 1 heterocycles. The molecule has 3 N–H and O–H groups in total. The van der Waals surface area contributed by atoms with Gasteiger partial charge in [-0.25, -0.2) is 9.36 Å². The standard InChI is InChI=1S/C20H22N4O3.ClH/c1-13(19(25)26)11-15-3-7-17(8-4-15)23-14(2)22-24(20(23)27)18-9-5-16(12-21)6-10-18;/h3-10,13H,11-12,21H2,1-2H3,(H,25,26);1H. The van der Waals surface area contributed by atoms with Gasteiger partial charge in [-0.1, -0.05) is 31.2 Å². The summed E-state index contributed by atoms with van der Waals surface area (Å²) in [5.74, 6) is -0.720. The lowest BCUT2D eigenvalue weighted by Gasteiger charge is -2.08. The number of nitrogens with zero attached hydrogens (tertiary/aromatic N) is 3. The Balaban J connectivity index is 0.00000280. The molecule has 8 heteroatoms. The zero-order chi connectivity index (χ0) is 19.6. The molecule has 1 atom stereocenters. The van der Waals surface area contributed by atoms with Crippen molar-refractivity contribution in [3.63, 3.8) is 0 Å². The van der Waals surface area contributed by atoms with Gasteiger partial charge in [0, 0.05) is 6.54 Å². The average Bonchev–Trinajstić information content (AvgIpc) is 2.96. The van der Waals surface area contributed by atoms with E-state index in [1.54, 1.807) is 13.8 Å². The van der Waals surface area contributed by atoms with E-state index in [2.05, 4.69) is 5.10 Å². The van der Waals surface area contributed by atoms with Crippen LogP contribution in [0.25, 0.3) is 11.4 Å². The predicted octanol–water partition coefficient (Wildman–Crippen LogP) is 2.48. The summed E-state index contributed by atoms with van der Waals surface area (Å²) in [6.07, 6.45) is 0.441. The highest BCUT2D eigenvalue weighted by atomic mass is 35.5. The van der Waals surface area contributed by atoms with E-state index in [9.17, 15) is 9.59 Å². The number of hydrogen-bond donors (Lipinski definition) is 2. The van der Waals surface area contributed by atoms with Crippen molar-refractivity contribution in [2.24, 2.45) is 11.7 Å². The van der Waals surface area contributed by atoms with Crippen molar-refractivity contribution >= 4 is 18.4 Å². The second-order valence-electron chi connectivity index (χ2n) is 6.56. The lowest BCUT2D eigenvalue weighted by Crippen LogP contribution is -2.23. The Hall–Kier alpha value is -2.90. The molecule has 0 aliphatic rings. The Labute approximate surface area is 168 Å². The number of aromatic nitrogens is 3. The van der Waals surface area contributed by atoms with Crippen LogP contribution in [-0.2, 0) is 17.8 Å². The molecule has 0 aliphatic heterocycles. The highest BCUT2D eigenvalue weighted by molar-refractivity contribution is 5.85. The summed E-state index contributed by atoms with van der Waals surface area (Å²) in [6.45, 7) is 3.88. The number of hydrogen-bond acceptors (Lipinski definition) is 4. The Kier molecular flexibility index (Phi) is 6.77. The minimum Gasteiger partial charge on any atom is -0.481 e. The minimum absolute atomic E-state index is 0. The zero-order valence-electron chi connectivity index (χ0n) is 15.7. The maximum absolute atomic E-state index is 12.9. The average molecular weight is 403 g/mol. The number of rotatable bonds is 6. The lowest BCUT2D eigenvalue weighted by molar-refractivity contribution is -0.141. The molecule has 0 saturated carbocycles. The molecule has 1 unspecified atom stereocenters. The quantitative estimate of drug-likeness (QED) is 0.659. The number of carbonyl (C=O) groups is 1. The highest BCUT2D eigenvalue weighted by Crippen LogP contribution is 2.14. The molecule has 2 aromatic carbocycles. The first kappa shape index (κ1) is 21.4. The summed E-state index contributed by atoms with van der Waals surface area (Å²) in [6, 6.07) is 14.7. The van der Waals surface area contributed by atoms with Gasteiger partial charge in [0.05, 0.1) is 17.3 Å². The van der Waals surface area contributed by atoms with Crippen LogP contribution in [0.2, 0.25) is 0 Å². The first-order valence-electron chi connectivity index (χ1n) is 8.71. The van der Waals surface area contributed by atoms with Crippen molar-refractivity contribution in [3.05, 3.63) is 76.0 Å². The number of carboxylic acids is 1. The fourth-order valence-corrected chi connectivity index (χ4v) is 2.93. The van der Waals surface area contributed by atoms with Crippen LogP contribution in [0.5, 0.6) is 0 Å².